The average Bonchev–Trinajstić information content (AvgIpc) is 2.53. The van der Waals surface area contributed by atoms with Crippen molar-refractivity contribution in [1.82, 2.24) is 0 Å². The van der Waals surface area contributed by atoms with E-state index in [0.29, 0.717) is 0 Å². The van der Waals surface area contributed by atoms with Crippen molar-refractivity contribution in [2.75, 3.05) is 4.90 Å². The predicted octanol–water partition coefficient (Wildman–Crippen LogP) is 5.71. The molecule has 0 aliphatic carbocycles. The summed E-state index contributed by atoms with van der Waals surface area (Å²) in [5.41, 5.74) is 6.23. The Kier molecular flexibility index (Phi) is 2.94. The standard InChI is InChI=1S/C19H14ClN/c20-16-10-11-19-15(13-16)12-14-6-4-5-9-18(14)21(19)17-7-2-1-3-8-17/h1-11,13H,12H2. The van der Waals surface area contributed by atoms with Gasteiger partial charge in [0.2, 0.25) is 0 Å². The Morgan fingerprint density at radius 1 is 0.714 bits per heavy atom. The van der Waals surface area contributed by atoms with Gasteiger partial charge < -0.3 is 4.90 Å². The van der Waals surface area contributed by atoms with Crippen LogP contribution in [0.4, 0.5) is 17.1 Å². The van der Waals surface area contributed by atoms with Gasteiger partial charge >= 0.3 is 0 Å². The number of benzene rings is 3. The van der Waals surface area contributed by atoms with Gasteiger partial charge in [-0.05, 0) is 47.5 Å². The molecule has 0 N–H and O–H groups in total. The molecule has 0 saturated heterocycles. The minimum atomic E-state index is 0.793. The third-order valence-corrected chi connectivity index (χ3v) is 4.15. The summed E-state index contributed by atoms with van der Waals surface area (Å²) in [6.45, 7) is 0. The molecule has 0 bridgehead atoms. The molecule has 21 heavy (non-hydrogen) atoms. The molecule has 0 amide bonds. The lowest BCUT2D eigenvalue weighted by atomic mass is 9.95. The number of hydrogen-bond donors (Lipinski definition) is 0. The van der Waals surface area contributed by atoms with E-state index in [2.05, 4.69) is 65.6 Å². The summed E-state index contributed by atoms with van der Waals surface area (Å²) in [6.07, 6.45) is 0.926. The second-order valence-electron chi connectivity index (χ2n) is 5.25. The van der Waals surface area contributed by atoms with Gasteiger partial charge in [-0.2, -0.15) is 0 Å². The molecule has 0 unspecified atom stereocenters. The van der Waals surface area contributed by atoms with Crippen LogP contribution in [-0.2, 0) is 6.42 Å². The van der Waals surface area contributed by atoms with Crippen molar-refractivity contribution >= 4 is 28.7 Å². The quantitative estimate of drug-likeness (QED) is 0.434. The Hall–Kier alpha value is -2.25. The monoisotopic (exact) mass is 291 g/mol. The zero-order valence-corrected chi connectivity index (χ0v) is 12.2. The summed E-state index contributed by atoms with van der Waals surface area (Å²) in [7, 11) is 0. The third-order valence-electron chi connectivity index (χ3n) is 3.91. The summed E-state index contributed by atoms with van der Waals surface area (Å²) < 4.78 is 0. The van der Waals surface area contributed by atoms with Crippen molar-refractivity contribution in [2.45, 2.75) is 6.42 Å². The van der Waals surface area contributed by atoms with Crippen molar-refractivity contribution in [3.8, 4) is 0 Å². The van der Waals surface area contributed by atoms with Gasteiger partial charge in [-0.15, -0.1) is 0 Å². The Bertz CT molecular complexity index is 796. The van der Waals surface area contributed by atoms with Crippen molar-refractivity contribution in [3.63, 3.8) is 0 Å². The van der Waals surface area contributed by atoms with Crippen molar-refractivity contribution in [1.29, 1.82) is 0 Å². The molecule has 0 radical (unpaired) electrons. The van der Waals surface area contributed by atoms with Crippen LogP contribution in [0.25, 0.3) is 0 Å². The van der Waals surface area contributed by atoms with E-state index in [1.165, 1.54) is 28.2 Å². The van der Waals surface area contributed by atoms with Gasteiger partial charge in [-0.3, -0.25) is 0 Å². The minimum Gasteiger partial charge on any atom is -0.310 e. The Morgan fingerprint density at radius 3 is 2.29 bits per heavy atom. The summed E-state index contributed by atoms with van der Waals surface area (Å²) in [6, 6.07) is 25.2. The molecule has 1 heterocycles. The van der Waals surface area contributed by atoms with E-state index in [4.69, 9.17) is 11.6 Å². The number of hydrogen-bond acceptors (Lipinski definition) is 1. The molecule has 1 aliphatic rings. The van der Waals surface area contributed by atoms with Crippen LogP contribution in [-0.4, -0.2) is 0 Å². The molecule has 0 aromatic heterocycles. The number of halogens is 1. The highest BCUT2D eigenvalue weighted by Crippen LogP contribution is 2.44. The van der Waals surface area contributed by atoms with Gasteiger partial charge in [0.05, 0.1) is 0 Å². The lowest BCUT2D eigenvalue weighted by molar-refractivity contribution is 1.09. The number of rotatable bonds is 1. The maximum absolute atomic E-state index is 6.18. The summed E-state index contributed by atoms with van der Waals surface area (Å²) in [5, 5.41) is 0.793. The van der Waals surface area contributed by atoms with Gasteiger partial charge in [-0.25, -0.2) is 0 Å². The van der Waals surface area contributed by atoms with Gasteiger partial charge in [0.15, 0.2) is 0 Å². The highest BCUT2D eigenvalue weighted by Gasteiger charge is 2.23. The minimum absolute atomic E-state index is 0.793. The molecule has 102 valence electrons. The number of anilines is 3. The van der Waals surface area contributed by atoms with Gasteiger partial charge in [0, 0.05) is 28.5 Å². The number of para-hydroxylation sites is 2. The lowest BCUT2D eigenvalue weighted by Gasteiger charge is -2.33. The molecule has 0 saturated carbocycles. The number of fused-ring (bicyclic) bond motifs is 2. The summed E-state index contributed by atoms with van der Waals surface area (Å²) in [5.74, 6) is 0. The summed E-state index contributed by atoms with van der Waals surface area (Å²) >= 11 is 6.18. The topological polar surface area (TPSA) is 3.24 Å². The third kappa shape index (κ3) is 2.10. The van der Waals surface area contributed by atoms with Crippen LogP contribution in [0.3, 0.4) is 0 Å². The molecular weight excluding hydrogens is 278 g/mol. The molecule has 4 rings (SSSR count). The molecule has 3 aromatic rings. The van der Waals surface area contributed by atoms with E-state index < -0.39 is 0 Å². The van der Waals surface area contributed by atoms with Crippen LogP contribution >= 0.6 is 11.6 Å². The first kappa shape index (κ1) is 12.5. The van der Waals surface area contributed by atoms with Crippen LogP contribution in [0.1, 0.15) is 11.1 Å². The highest BCUT2D eigenvalue weighted by atomic mass is 35.5. The Balaban J connectivity index is 1.97. The molecule has 3 aromatic carbocycles. The zero-order chi connectivity index (χ0) is 14.2. The summed E-state index contributed by atoms with van der Waals surface area (Å²) in [4.78, 5) is 2.31. The second-order valence-corrected chi connectivity index (χ2v) is 5.69. The first-order valence-electron chi connectivity index (χ1n) is 7.04. The first-order chi connectivity index (χ1) is 10.3. The Labute approximate surface area is 129 Å². The van der Waals surface area contributed by atoms with Crippen molar-refractivity contribution in [3.05, 3.63) is 88.9 Å². The van der Waals surface area contributed by atoms with Crippen LogP contribution in [0.15, 0.2) is 72.8 Å². The smallest absolute Gasteiger partial charge is 0.0498 e. The van der Waals surface area contributed by atoms with E-state index >= 15 is 0 Å². The average molecular weight is 292 g/mol. The first-order valence-corrected chi connectivity index (χ1v) is 7.42. The SMILES string of the molecule is Clc1ccc2c(c1)Cc1ccccc1N2c1ccccc1. The maximum Gasteiger partial charge on any atom is 0.0498 e. The van der Waals surface area contributed by atoms with E-state index in [1.807, 2.05) is 12.1 Å². The Morgan fingerprint density at radius 2 is 1.43 bits per heavy atom. The van der Waals surface area contributed by atoms with E-state index in [0.717, 1.165) is 11.4 Å². The molecule has 0 atom stereocenters. The largest absolute Gasteiger partial charge is 0.310 e. The molecule has 2 heteroatoms. The van der Waals surface area contributed by atoms with Gasteiger partial charge in [0.25, 0.3) is 0 Å². The van der Waals surface area contributed by atoms with E-state index in [9.17, 15) is 0 Å². The lowest BCUT2D eigenvalue weighted by Crippen LogP contribution is -2.18. The molecule has 0 fully saturated rings. The predicted molar refractivity (Wildman–Crippen MR) is 88.9 cm³/mol. The van der Waals surface area contributed by atoms with Gasteiger partial charge in [-0.1, -0.05) is 48.0 Å². The van der Waals surface area contributed by atoms with Crippen LogP contribution in [0.5, 0.6) is 0 Å². The van der Waals surface area contributed by atoms with Crippen LogP contribution in [0.2, 0.25) is 5.02 Å². The van der Waals surface area contributed by atoms with Crippen LogP contribution < -0.4 is 4.90 Å². The molecule has 1 aliphatic heterocycles. The molecule has 1 nitrogen and oxygen atoms in total. The van der Waals surface area contributed by atoms with Gasteiger partial charge in [0.1, 0.15) is 0 Å². The van der Waals surface area contributed by atoms with Crippen LogP contribution in [0, 0.1) is 0 Å². The zero-order valence-electron chi connectivity index (χ0n) is 11.5. The highest BCUT2D eigenvalue weighted by molar-refractivity contribution is 6.30. The fourth-order valence-corrected chi connectivity index (χ4v) is 3.18. The maximum atomic E-state index is 6.18. The van der Waals surface area contributed by atoms with Crippen molar-refractivity contribution in [2.24, 2.45) is 0 Å². The fourth-order valence-electron chi connectivity index (χ4n) is 2.98. The second kappa shape index (κ2) is 4.94. The fraction of sp³-hybridized carbons (Fsp3) is 0.0526. The van der Waals surface area contributed by atoms with E-state index in [-0.39, 0.29) is 0 Å². The normalized spacial score (nSPS) is 12.7. The van der Waals surface area contributed by atoms with Crippen molar-refractivity contribution < 1.29 is 0 Å². The number of nitrogens with zero attached hydrogens (tertiary/aromatic N) is 1. The van der Waals surface area contributed by atoms with E-state index in [1.54, 1.807) is 0 Å². The molecular formula is C19H14ClN. The molecule has 0 spiro atoms.